The lowest BCUT2D eigenvalue weighted by Gasteiger charge is -1.99. The van der Waals surface area contributed by atoms with Crippen molar-refractivity contribution in [3.63, 3.8) is 0 Å². The first-order chi connectivity index (χ1) is 9.79. The Morgan fingerprint density at radius 3 is 1.29 bits per heavy atom. The molecule has 0 amide bonds. The van der Waals surface area contributed by atoms with Gasteiger partial charge in [-0.05, 0) is 42.5 Å². The fraction of sp³-hybridized carbons (Fsp3) is 0. The first kappa shape index (κ1) is 15.8. The Balaban J connectivity index is 0.000000235. The number of hydrogen-bond acceptors (Lipinski definition) is 5. The van der Waals surface area contributed by atoms with E-state index in [9.17, 15) is 9.59 Å². The van der Waals surface area contributed by atoms with Crippen LogP contribution >= 0.6 is 0 Å². The van der Waals surface area contributed by atoms with Gasteiger partial charge in [-0.2, -0.15) is 0 Å². The van der Waals surface area contributed by atoms with Gasteiger partial charge in [0.15, 0.2) is 0 Å². The number of aromatic carboxylic acids is 2. The maximum atomic E-state index is 10.5. The van der Waals surface area contributed by atoms with Gasteiger partial charge in [0, 0.05) is 17.1 Å². The molecular formula is C14H15N3O4. The van der Waals surface area contributed by atoms with E-state index in [1.807, 2.05) is 0 Å². The molecule has 7 nitrogen and oxygen atoms in total. The molecule has 0 bridgehead atoms. The molecule has 0 spiro atoms. The highest BCUT2D eigenvalue weighted by molar-refractivity contribution is 5.95. The Bertz CT molecular complexity index is 601. The van der Waals surface area contributed by atoms with Gasteiger partial charge in [-0.1, -0.05) is 0 Å². The van der Waals surface area contributed by atoms with Crippen molar-refractivity contribution in [3.05, 3.63) is 53.6 Å². The monoisotopic (exact) mass is 289 g/mol. The number of nitrogen functional groups attached to an aromatic ring is 3. The maximum Gasteiger partial charge on any atom is 0.335 e. The Labute approximate surface area is 120 Å². The average molecular weight is 289 g/mol. The number of nitrogens with two attached hydrogens (primary N) is 3. The van der Waals surface area contributed by atoms with E-state index in [0.29, 0.717) is 0 Å². The molecule has 0 fully saturated rings. The topological polar surface area (TPSA) is 153 Å². The Kier molecular flexibility index (Phi) is 5.13. The van der Waals surface area contributed by atoms with E-state index in [1.165, 1.54) is 12.1 Å². The number of rotatable bonds is 2. The lowest BCUT2D eigenvalue weighted by atomic mass is 10.1. The van der Waals surface area contributed by atoms with Crippen LogP contribution in [0.3, 0.4) is 0 Å². The van der Waals surface area contributed by atoms with Crippen molar-refractivity contribution in [3.8, 4) is 0 Å². The van der Waals surface area contributed by atoms with Gasteiger partial charge in [0.05, 0.1) is 11.1 Å². The van der Waals surface area contributed by atoms with E-state index in [-0.39, 0.29) is 16.8 Å². The quantitative estimate of drug-likeness (QED) is 0.525. The predicted molar refractivity (Wildman–Crippen MR) is 80.0 cm³/mol. The van der Waals surface area contributed by atoms with Crippen LogP contribution in [0.4, 0.5) is 17.1 Å². The molecule has 0 saturated heterocycles. The van der Waals surface area contributed by atoms with Crippen molar-refractivity contribution < 1.29 is 19.8 Å². The van der Waals surface area contributed by atoms with Gasteiger partial charge < -0.3 is 27.4 Å². The van der Waals surface area contributed by atoms with Crippen LogP contribution in [0.15, 0.2) is 42.5 Å². The van der Waals surface area contributed by atoms with E-state index >= 15 is 0 Å². The molecule has 0 atom stereocenters. The van der Waals surface area contributed by atoms with Crippen LogP contribution in [0, 0.1) is 0 Å². The Morgan fingerprint density at radius 1 is 0.667 bits per heavy atom. The smallest absolute Gasteiger partial charge is 0.335 e. The molecule has 21 heavy (non-hydrogen) atoms. The molecule has 0 saturated carbocycles. The summed E-state index contributed by atoms with van der Waals surface area (Å²) in [5.41, 5.74) is 17.4. The van der Waals surface area contributed by atoms with Crippen LogP contribution in [0.1, 0.15) is 20.7 Å². The second-order valence-corrected chi connectivity index (χ2v) is 4.12. The van der Waals surface area contributed by atoms with Gasteiger partial charge in [-0.15, -0.1) is 0 Å². The molecule has 2 aromatic carbocycles. The van der Waals surface area contributed by atoms with Crippen molar-refractivity contribution in [1.82, 2.24) is 0 Å². The number of carbonyl (C=O) groups is 2. The van der Waals surface area contributed by atoms with Crippen LogP contribution in [-0.4, -0.2) is 22.2 Å². The largest absolute Gasteiger partial charge is 0.478 e. The molecule has 2 aromatic rings. The number of carboxylic acids is 2. The highest BCUT2D eigenvalue weighted by Gasteiger charge is 2.09. The third-order valence-corrected chi connectivity index (χ3v) is 2.39. The van der Waals surface area contributed by atoms with Gasteiger partial charge in [0.25, 0.3) is 0 Å². The van der Waals surface area contributed by atoms with Crippen LogP contribution in [-0.2, 0) is 0 Å². The van der Waals surface area contributed by atoms with Gasteiger partial charge in [-0.3, -0.25) is 0 Å². The fourth-order valence-electron chi connectivity index (χ4n) is 1.39. The molecule has 0 aliphatic rings. The predicted octanol–water partition coefficient (Wildman–Crippen LogP) is 1.52. The van der Waals surface area contributed by atoms with Crippen molar-refractivity contribution in [2.75, 3.05) is 17.2 Å². The standard InChI is InChI=1S/C8H7NO4.C6H8N2/c9-6-2-4(7(10)11)1-5(3-6)8(12)13;7-5-1-2-6(8)4-3-5/h1-3H,9H2,(H,10,11)(H,12,13);1-4H,7-8H2. The third kappa shape index (κ3) is 5.11. The second-order valence-electron chi connectivity index (χ2n) is 4.12. The number of carboxylic acid groups (broad SMARTS) is 2. The Morgan fingerprint density at radius 2 is 1.00 bits per heavy atom. The van der Waals surface area contributed by atoms with E-state index in [1.54, 1.807) is 24.3 Å². The highest BCUT2D eigenvalue weighted by atomic mass is 16.4. The van der Waals surface area contributed by atoms with E-state index in [4.69, 9.17) is 27.4 Å². The zero-order valence-electron chi connectivity index (χ0n) is 11.0. The summed E-state index contributed by atoms with van der Waals surface area (Å²) in [6.07, 6.45) is 0. The van der Waals surface area contributed by atoms with Gasteiger partial charge in [0.2, 0.25) is 0 Å². The van der Waals surface area contributed by atoms with E-state index < -0.39 is 11.9 Å². The van der Waals surface area contributed by atoms with E-state index in [0.717, 1.165) is 17.4 Å². The lowest BCUT2D eigenvalue weighted by Crippen LogP contribution is -2.03. The molecule has 0 aliphatic heterocycles. The van der Waals surface area contributed by atoms with Crippen molar-refractivity contribution in [2.24, 2.45) is 0 Å². The number of benzene rings is 2. The summed E-state index contributed by atoms with van der Waals surface area (Å²) >= 11 is 0. The molecule has 0 heterocycles. The lowest BCUT2D eigenvalue weighted by molar-refractivity contribution is 0.0696. The number of anilines is 3. The van der Waals surface area contributed by atoms with Crippen LogP contribution in [0.2, 0.25) is 0 Å². The van der Waals surface area contributed by atoms with Crippen LogP contribution in [0.5, 0.6) is 0 Å². The molecule has 0 aromatic heterocycles. The molecule has 0 radical (unpaired) electrons. The summed E-state index contributed by atoms with van der Waals surface area (Å²) in [5, 5.41) is 17.1. The summed E-state index contributed by atoms with van der Waals surface area (Å²) in [6, 6.07) is 10.6. The minimum Gasteiger partial charge on any atom is -0.478 e. The number of hydrogen-bond donors (Lipinski definition) is 5. The Hall–Kier alpha value is -3.22. The first-order valence-electron chi connectivity index (χ1n) is 5.77. The van der Waals surface area contributed by atoms with Crippen LogP contribution < -0.4 is 17.2 Å². The molecule has 2 rings (SSSR count). The van der Waals surface area contributed by atoms with Gasteiger partial charge in [0.1, 0.15) is 0 Å². The van der Waals surface area contributed by atoms with Crippen molar-refractivity contribution in [2.45, 2.75) is 0 Å². The average Bonchev–Trinajstić information content (AvgIpc) is 2.42. The molecule has 0 aliphatic carbocycles. The van der Waals surface area contributed by atoms with E-state index in [2.05, 4.69) is 0 Å². The summed E-state index contributed by atoms with van der Waals surface area (Å²) in [6.45, 7) is 0. The minimum absolute atomic E-state index is 0.123. The third-order valence-electron chi connectivity index (χ3n) is 2.39. The van der Waals surface area contributed by atoms with Gasteiger partial charge in [-0.25, -0.2) is 9.59 Å². The van der Waals surface area contributed by atoms with Crippen molar-refractivity contribution in [1.29, 1.82) is 0 Å². The molecular weight excluding hydrogens is 274 g/mol. The maximum absolute atomic E-state index is 10.5. The second kappa shape index (κ2) is 6.80. The first-order valence-corrected chi connectivity index (χ1v) is 5.77. The summed E-state index contributed by atoms with van der Waals surface area (Å²) in [5.74, 6) is -2.40. The highest BCUT2D eigenvalue weighted by Crippen LogP contribution is 2.12. The fourth-order valence-corrected chi connectivity index (χ4v) is 1.39. The summed E-state index contributed by atoms with van der Waals surface area (Å²) < 4.78 is 0. The zero-order chi connectivity index (χ0) is 16.0. The minimum atomic E-state index is -1.20. The normalized spacial score (nSPS) is 9.33. The summed E-state index contributed by atoms with van der Waals surface area (Å²) in [7, 11) is 0. The molecule has 0 unspecified atom stereocenters. The SMILES string of the molecule is Nc1cc(C(=O)O)cc(C(=O)O)c1.Nc1ccc(N)cc1. The van der Waals surface area contributed by atoms with Crippen LogP contribution in [0.25, 0.3) is 0 Å². The zero-order valence-corrected chi connectivity index (χ0v) is 11.0. The molecule has 110 valence electrons. The molecule has 8 N–H and O–H groups in total. The molecule has 7 heteroatoms. The van der Waals surface area contributed by atoms with Crippen molar-refractivity contribution >= 4 is 29.0 Å². The van der Waals surface area contributed by atoms with Gasteiger partial charge >= 0.3 is 11.9 Å². The summed E-state index contributed by atoms with van der Waals surface area (Å²) in [4.78, 5) is 21.0.